The normalized spacial score (nSPS) is 20.0. The van der Waals surface area contributed by atoms with E-state index in [1.165, 1.54) is 21.4 Å². The predicted octanol–water partition coefficient (Wildman–Crippen LogP) is 5.38. The van der Waals surface area contributed by atoms with Crippen molar-refractivity contribution in [2.24, 2.45) is 0 Å². The number of fused-ring (bicyclic) bond motifs is 1. The number of cyclic esters (lactones) is 2. The topological polar surface area (TPSA) is 140 Å². The summed E-state index contributed by atoms with van der Waals surface area (Å²) in [6.45, 7) is 3.49. The highest BCUT2D eigenvalue weighted by Crippen LogP contribution is 2.34. The number of para-hydroxylation sites is 1. The summed E-state index contributed by atoms with van der Waals surface area (Å²) in [5, 5.41) is 1.34. The smallest absolute Gasteiger partial charge is 0.414 e. The first-order chi connectivity index (χ1) is 24.1. The Labute approximate surface area is 291 Å². The van der Waals surface area contributed by atoms with Crippen molar-refractivity contribution in [1.82, 2.24) is 9.88 Å². The minimum absolute atomic E-state index is 0.0933. The average Bonchev–Trinajstić information content (AvgIpc) is 3.84. The van der Waals surface area contributed by atoms with Gasteiger partial charge in [0.25, 0.3) is 10.1 Å². The van der Waals surface area contributed by atoms with Crippen LogP contribution in [-0.2, 0) is 23.8 Å². The van der Waals surface area contributed by atoms with Crippen molar-refractivity contribution in [3.05, 3.63) is 84.6 Å². The molecule has 0 unspecified atom stereocenters. The number of hydrogen-bond donors (Lipinski definition) is 1. The monoisotopic (exact) mass is 706 g/mol. The molecule has 3 fully saturated rings. The van der Waals surface area contributed by atoms with Gasteiger partial charge in [-0.3, -0.25) is 18.9 Å². The summed E-state index contributed by atoms with van der Waals surface area (Å²) >= 11 is 0. The van der Waals surface area contributed by atoms with Gasteiger partial charge in [0, 0.05) is 35.0 Å². The highest BCUT2D eigenvalue weighted by molar-refractivity contribution is 7.85. The van der Waals surface area contributed by atoms with Crippen LogP contribution in [-0.4, -0.2) is 103 Å². The first kappa shape index (κ1) is 35.1. The molecular formula is C36H42N4O9S. The predicted molar refractivity (Wildman–Crippen MR) is 189 cm³/mol. The Bertz CT molecular complexity index is 1870. The number of ether oxygens (including phenoxy) is 4. The number of hydrogen-bond acceptors (Lipinski definition) is 10. The van der Waals surface area contributed by atoms with Crippen LogP contribution < -0.4 is 19.3 Å². The molecule has 2 atom stereocenters. The quantitative estimate of drug-likeness (QED) is 0.214. The molecule has 0 saturated carbocycles. The molecule has 50 heavy (non-hydrogen) atoms. The van der Waals surface area contributed by atoms with Crippen LogP contribution in [0.3, 0.4) is 0 Å². The van der Waals surface area contributed by atoms with Crippen molar-refractivity contribution in [1.29, 1.82) is 0 Å². The first-order valence-corrected chi connectivity index (χ1v) is 18.3. The highest BCUT2D eigenvalue weighted by atomic mass is 32.2. The van der Waals surface area contributed by atoms with Gasteiger partial charge in [-0.05, 0) is 92.0 Å². The Balaban J connectivity index is 0.000000189. The lowest BCUT2D eigenvalue weighted by Crippen LogP contribution is -2.39. The second kappa shape index (κ2) is 15.4. The molecule has 1 N–H and O–H groups in total. The molecule has 4 heterocycles. The number of rotatable bonds is 10. The van der Waals surface area contributed by atoms with Crippen molar-refractivity contribution in [3.8, 4) is 11.5 Å². The number of nitrogens with zero attached hydrogens (tertiary/aromatic N) is 3. The van der Waals surface area contributed by atoms with Gasteiger partial charge in [-0.2, -0.15) is 8.42 Å². The third-order valence-electron chi connectivity index (χ3n) is 9.09. The minimum Gasteiger partial charge on any atom is -0.497 e. The van der Waals surface area contributed by atoms with Crippen molar-refractivity contribution in [2.75, 3.05) is 69.6 Å². The molecule has 4 aromatic rings. The number of carbonyl (C=O) groups excluding carboxylic acids is 2. The van der Waals surface area contributed by atoms with Gasteiger partial charge in [0.05, 0.1) is 33.6 Å². The second-order valence-corrected chi connectivity index (χ2v) is 14.1. The molecule has 3 aromatic carbocycles. The van der Waals surface area contributed by atoms with E-state index in [2.05, 4.69) is 44.5 Å². The number of aromatic nitrogens is 1. The third-order valence-corrected chi connectivity index (χ3v) is 9.66. The zero-order valence-electron chi connectivity index (χ0n) is 28.3. The summed E-state index contributed by atoms with van der Waals surface area (Å²) in [6, 6.07) is 22.9. The lowest BCUT2D eigenvalue weighted by Gasteiger charge is -2.32. The van der Waals surface area contributed by atoms with Crippen LogP contribution in [0.2, 0.25) is 0 Å². The van der Waals surface area contributed by atoms with Gasteiger partial charge in [-0.1, -0.05) is 18.2 Å². The van der Waals surface area contributed by atoms with E-state index in [1.807, 2.05) is 24.3 Å². The summed E-state index contributed by atoms with van der Waals surface area (Å²) in [5.74, 6) is 2.04. The summed E-state index contributed by atoms with van der Waals surface area (Å²) in [4.78, 5) is 33.1. The first-order valence-electron chi connectivity index (χ1n) is 16.5. The molecule has 3 saturated heterocycles. The number of H-pyrrole nitrogens is 1. The lowest BCUT2D eigenvalue weighted by molar-refractivity contribution is 0.0977. The SMILES string of the molecule is COc1ccc(N2C[C@@H](COS(C)(=O)=O)OC2=O)cc1.COc1ccc(N2C[C@H](CN3CCC(c4c[nH]c5ccccc45)CC3)OC2=O)cc1. The van der Waals surface area contributed by atoms with Gasteiger partial charge in [0.15, 0.2) is 0 Å². The van der Waals surface area contributed by atoms with E-state index in [1.54, 1.807) is 43.4 Å². The average molecular weight is 707 g/mol. The number of amides is 2. The molecule has 3 aliphatic heterocycles. The Morgan fingerprint density at radius 1 is 0.780 bits per heavy atom. The van der Waals surface area contributed by atoms with Crippen molar-refractivity contribution < 1.29 is 41.1 Å². The number of carbonyl (C=O) groups is 2. The fourth-order valence-electron chi connectivity index (χ4n) is 6.52. The van der Waals surface area contributed by atoms with E-state index in [4.69, 9.17) is 18.9 Å². The van der Waals surface area contributed by atoms with E-state index in [-0.39, 0.29) is 25.3 Å². The number of nitrogens with one attached hydrogen (secondary N) is 1. The Morgan fingerprint density at radius 3 is 1.88 bits per heavy atom. The van der Waals surface area contributed by atoms with Gasteiger partial charge < -0.3 is 23.9 Å². The summed E-state index contributed by atoms with van der Waals surface area (Å²) < 4.78 is 47.4. The van der Waals surface area contributed by atoms with Gasteiger partial charge in [-0.25, -0.2) is 9.59 Å². The second-order valence-electron chi connectivity index (χ2n) is 12.5. The number of benzene rings is 3. The fraction of sp³-hybridized carbons (Fsp3) is 0.389. The lowest BCUT2D eigenvalue weighted by atomic mass is 9.89. The van der Waals surface area contributed by atoms with Crippen molar-refractivity contribution in [2.45, 2.75) is 31.0 Å². The van der Waals surface area contributed by atoms with Gasteiger partial charge >= 0.3 is 12.2 Å². The van der Waals surface area contributed by atoms with E-state index < -0.39 is 22.3 Å². The molecule has 7 rings (SSSR count). The van der Waals surface area contributed by atoms with Crippen LogP contribution in [0.15, 0.2) is 79.0 Å². The Morgan fingerprint density at radius 2 is 1.32 bits per heavy atom. The zero-order chi connectivity index (χ0) is 35.3. The number of likely N-dealkylation sites (tertiary alicyclic amines) is 1. The number of methoxy groups -OCH3 is 2. The van der Waals surface area contributed by atoms with Crippen LogP contribution in [0.25, 0.3) is 10.9 Å². The van der Waals surface area contributed by atoms with Gasteiger partial charge in [0.1, 0.15) is 30.3 Å². The standard InChI is InChI=1S/C24H27N3O3.C12H15NO6S/c1-29-19-8-6-18(7-9-19)27-16-20(30-24(27)28)15-26-12-10-17(11-13-26)22-14-25-23-5-3-2-4-21(22)23;1-17-10-5-3-9(4-6-10)13-7-11(19-12(13)14)8-18-20(2,15)16/h2-9,14,17,20,25H,10-13,15-16H2,1H3;3-6,11H,7-8H2,1-2H3/t20-;11-/m00/s1. The van der Waals surface area contributed by atoms with E-state index in [0.29, 0.717) is 23.9 Å². The summed E-state index contributed by atoms with van der Waals surface area (Å²) in [6.07, 6.45) is 3.89. The summed E-state index contributed by atoms with van der Waals surface area (Å²) in [7, 11) is -0.358. The Hall–Kier alpha value is -4.79. The summed E-state index contributed by atoms with van der Waals surface area (Å²) in [5.41, 5.74) is 4.15. The molecule has 14 heteroatoms. The van der Waals surface area contributed by atoms with Crippen molar-refractivity contribution in [3.63, 3.8) is 0 Å². The molecular weight excluding hydrogens is 664 g/mol. The minimum atomic E-state index is -3.55. The largest absolute Gasteiger partial charge is 0.497 e. The van der Waals surface area contributed by atoms with E-state index in [0.717, 1.165) is 50.2 Å². The third kappa shape index (κ3) is 8.49. The molecule has 0 radical (unpaired) electrons. The highest BCUT2D eigenvalue weighted by Gasteiger charge is 2.35. The van der Waals surface area contributed by atoms with Crippen LogP contribution in [0.4, 0.5) is 21.0 Å². The zero-order valence-corrected chi connectivity index (χ0v) is 29.1. The maximum Gasteiger partial charge on any atom is 0.414 e. The molecule has 0 aliphatic carbocycles. The fourth-order valence-corrected chi connectivity index (χ4v) is 6.92. The Kier molecular flexibility index (Phi) is 10.8. The number of piperidine rings is 1. The maximum atomic E-state index is 12.4. The maximum absolute atomic E-state index is 12.4. The molecule has 0 bridgehead atoms. The molecule has 0 spiro atoms. The van der Waals surface area contributed by atoms with Crippen LogP contribution >= 0.6 is 0 Å². The van der Waals surface area contributed by atoms with E-state index >= 15 is 0 Å². The van der Waals surface area contributed by atoms with Crippen molar-refractivity contribution >= 4 is 44.6 Å². The van der Waals surface area contributed by atoms with E-state index in [9.17, 15) is 18.0 Å². The van der Waals surface area contributed by atoms with Gasteiger partial charge in [0.2, 0.25) is 0 Å². The van der Waals surface area contributed by atoms with Gasteiger partial charge in [-0.15, -0.1) is 0 Å². The van der Waals surface area contributed by atoms with Crippen LogP contribution in [0.5, 0.6) is 11.5 Å². The molecule has 266 valence electrons. The number of aromatic amines is 1. The van der Waals surface area contributed by atoms with Crippen LogP contribution in [0, 0.1) is 0 Å². The molecule has 3 aliphatic rings. The van der Waals surface area contributed by atoms with Crippen LogP contribution in [0.1, 0.15) is 24.3 Å². The molecule has 13 nitrogen and oxygen atoms in total. The molecule has 1 aromatic heterocycles. The molecule has 2 amide bonds. The number of anilines is 2.